The molecule has 2 unspecified atom stereocenters. The summed E-state index contributed by atoms with van der Waals surface area (Å²) in [5.41, 5.74) is 2.84. The van der Waals surface area contributed by atoms with Crippen molar-refractivity contribution in [3.05, 3.63) is 76.9 Å². The minimum Gasteiger partial charge on any atom is -0.490 e. The van der Waals surface area contributed by atoms with Crippen LogP contribution in [-0.2, 0) is 11.2 Å². The van der Waals surface area contributed by atoms with Gasteiger partial charge in [-0.25, -0.2) is 4.39 Å². The summed E-state index contributed by atoms with van der Waals surface area (Å²) in [7, 11) is 0. The molecule has 0 N–H and O–H groups in total. The van der Waals surface area contributed by atoms with E-state index in [1.165, 1.54) is 5.56 Å². The fraction of sp³-hybridized carbons (Fsp3) is 0.462. The molecule has 30 heavy (non-hydrogen) atoms. The summed E-state index contributed by atoms with van der Waals surface area (Å²) >= 11 is 0. The van der Waals surface area contributed by atoms with Crippen LogP contribution in [-0.4, -0.2) is 13.2 Å². The first-order chi connectivity index (χ1) is 14.6. The fourth-order valence-corrected chi connectivity index (χ4v) is 3.88. The average Bonchev–Trinajstić information content (AvgIpc) is 2.78. The van der Waals surface area contributed by atoms with Crippen LogP contribution >= 0.6 is 0 Å². The monoisotopic (exact) mass is 414 g/mol. The number of rotatable bonds is 9. The van der Waals surface area contributed by atoms with Crippen molar-refractivity contribution in [2.24, 2.45) is 0 Å². The molecule has 0 bridgehead atoms. The van der Waals surface area contributed by atoms with Crippen molar-refractivity contribution in [2.45, 2.75) is 64.4 Å². The standard InChI is InChI=1S/C26H32F2O2/c1-3-5-7-8-19-9-11-20(12-10-19)23-15-13-21(18-30-23)22-14-16-24(26(28)25(22)27)29-17-6-4-2/h3,5,9-12,14,16,21,23H,4,6-8,13,15,17-18H2,1-2H3/b5-3+. The molecule has 2 aromatic carbocycles. The maximum absolute atomic E-state index is 14.6. The average molecular weight is 415 g/mol. The molecule has 0 aromatic heterocycles. The topological polar surface area (TPSA) is 18.5 Å². The van der Waals surface area contributed by atoms with E-state index in [-0.39, 0.29) is 17.8 Å². The van der Waals surface area contributed by atoms with Crippen LogP contribution in [0.25, 0.3) is 0 Å². The van der Waals surface area contributed by atoms with Gasteiger partial charge in [-0.05, 0) is 61.8 Å². The van der Waals surface area contributed by atoms with E-state index in [1.807, 2.05) is 13.8 Å². The summed E-state index contributed by atoms with van der Waals surface area (Å²) in [5.74, 6) is -1.84. The Bertz CT molecular complexity index is 822. The van der Waals surface area contributed by atoms with Gasteiger partial charge in [0.2, 0.25) is 5.82 Å². The number of allylic oxidation sites excluding steroid dienone is 2. The van der Waals surface area contributed by atoms with Crippen LogP contribution in [0, 0.1) is 11.6 Å². The molecule has 1 aliphatic rings. The van der Waals surface area contributed by atoms with Crippen LogP contribution in [0.4, 0.5) is 8.78 Å². The first kappa shape index (κ1) is 22.5. The van der Waals surface area contributed by atoms with Gasteiger partial charge >= 0.3 is 0 Å². The van der Waals surface area contributed by atoms with Gasteiger partial charge in [-0.1, -0.05) is 55.8 Å². The molecule has 4 heteroatoms. The maximum atomic E-state index is 14.6. The van der Waals surface area contributed by atoms with Gasteiger partial charge in [0.1, 0.15) is 0 Å². The number of benzene rings is 2. The molecule has 3 rings (SSSR count). The Hall–Kier alpha value is -2.20. The number of ether oxygens (including phenoxy) is 2. The molecule has 0 aliphatic carbocycles. The second-order valence-electron chi connectivity index (χ2n) is 7.93. The van der Waals surface area contributed by atoms with Gasteiger partial charge in [-0.15, -0.1) is 0 Å². The molecule has 1 saturated heterocycles. The van der Waals surface area contributed by atoms with Gasteiger partial charge in [0.05, 0.1) is 19.3 Å². The molecule has 2 aromatic rings. The normalized spacial score (nSPS) is 19.3. The predicted molar refractivity (Wildman–Crippen MR) is 117 cm³/mol. The van der Waals surface area contributed by atoms with Crippen molar-refractivity contribution >= 4 is 0 Å². The van der Waals surface area contributed by atoms with E-state index < -0.39 is 11.6 Å². The van der Waals surface area contributed by atoms with E-state index in [0.29, 0.717) is 18.8 Å². The van der Waals surface area contributed by atoms with Gasteiger partial charge in [0.25, 0.3) is 0 Å². The zero-order chi connectivity index (χ0) is 21.3. The van der Waals surface area contributed by atoms with Crippen LogP contribution in [0.1, 0.15) is 74.7 Å². The Kier molecular flexibility index (Phi) is 8.44. The third-order valence-electron chi connectivity index (χ3n) is 5.73. The molecule has 2 nitrogen and oxygen atoms in total. The Morgan fingerprint density at radius 3 is 2.53 bits per heavy atom. The quantitative estimate of drug-likeness (QED) is 0.317. The SMILES string of the molecule is C/C=C/CCc1ccc(C2CCC(c3ccc(OCCCC)c(F)c3F)CO2)cc1. The Balaban J connectivity index is 1.58. The highest BCUT2D eigenvalue weighted by Gasteiger charge is 2.28. The number of hydrogen-bond acceptors (Lipinski definition) is 2. The minimum atomic E-state index is -0.890. The lowest BCUT2D eigenvalue weighted by Crippen LogP contribution is -2.20. The van der Waals surface area contributed by atoms with Gasteiger partial charge in [-0.3, -0.25) is 0 Å². The lowest BCUT2D eigenvalue weighted by atomic mass is 9.89. The van der Waals surface area contributed by atoms with E-state index in [9.17, 15) is 8.78 Å². The van der Waals surface area contributed by atoms with Crippen molar-refractivity contribution in [1.29, 1.82) is 0 Å². The van der Waals surface area contributed by atoms with Crippen LogP contribution in [0.5, 0.6) is 5.75 Å². The second kappa shape index (κ2) is 11.3. The number of halogens is 2. The molecule has 0 saturated carbocycles. The van der Waals surface area contributed by atoms with E-state index >= 15 is 0 Å². The maximum Gasteiger partial charge on any atom is 0.200 e. The highest BCUT2D eigenvalue weighted by molar-refractivity contribution is 5.34. The minimum absolute atomic E-state index is 0.00572. The summed E-state index contributed by atoms with van der Waals surface area (Å²) in [4.78, 5) is 0. The van der Waals surface area contributed by atoms with E-state index in [2.05, 4.69) is 36.4 Å². The van der Waals surface area contributed by atoms with Crippen LogP contribution in [0.2, 0.25) is 0 Å². The Morgan fingerprint density at radius 1 is 1.07 bits per heavy atom. The van der Waals surface area contributed by atoms with Crippen molar-refractivity contribution in [2.75, 3.05) is 13.2 Å². The highest BCUT2D eigenvalue weighted by Crippen LogP contribution is 2.38. The van der Waals surface area contributed by atoms with Crippen LogP contribution in [0.3, 0.4) is 0 Å². The number of hydrogen-bond donors (Lipinski definition) is 0. The molecule has 1 heterocycles. The summed E-state index contributed by atoms with van der Waals surface area (Å²) < 4.78 is 40.4. The van der Waals surface area contributed by atoms with E-state index in [4.69, 9.17) is 9.47 Å². The first-order valence-electron chi connectivity index (χ1n) is 11.1. The molecule has 0 spiro atoms. The summed E-state index contributed by atoms with van der Waals surface area (Å²) in [5, 5.41) is 0. The third kappa shape index (κ3) is 5.69. The van der Waals surface area contributed by atoms with Crippen molar-refractivity contribution in [3.63, 3.8) is 0 Å². The van der Waals surface area contributed by atoms with Crippen molar-refractivity contribution in [1.82, 2.24) is 0 Å². The zero-order valence-corrected chi connectivity index (χ0v) is 18.0. The highest BCUT2D eigenvalue weighted by atomic mass is 19.2. The second-order valence-corrected chi connectivity index (χ2v) is 7.93. The molecule has 0 amide bonds. The largest absolute Gasteiger partial charge is 0.490 e. The summed E-state index contributed by atoms with van der Waals surface area (Å²) in [6, 6.07) is 11.7. The molecule has 1 aliphatic heterocycles. The molecule has 2 atom stereocenters. The molecule has 1 fully saturated rings. The lowest BCUT2D eigenvalue weighted by Gasteiger charge is -2.30. The van der Waals surface area contributed by atoms with Crippen molar-refractivity contribution < 1.29 is 18.3 Å². The predicted octanol–water partition coefficient (Wildman–Crippen LogP) is 7.29. The van der Waals surface area contributed by atoms with E-state index in [1.54, 1.807) is 12.1 Å². The molecular formula is C26H32F2O2. The van der Waals surface area contributed by atoms with Gasteiger partial charge in [-0.2, -0.15) is 4.39 Å². The fourth-order valence-electron chi connectivity index (χ4n) is 3.88. The molecular weight excluding hydrogens is 382 g/mol. The summed E-state index contributed by atoms with van der Waals surface area (Å²) in [6.45, 7) is 4.85. The Morgan fingerprint density at radius 2 is 1.87 bits per heavy atom. The van der Waals surface area contributed by atoms with Crippen molar-refractivity contribution in [3.8, 4) is 5.75 Å². The molecule has 0 radical (unpaired) electrons. The lowest BCUT2D eigenvalue weighted by molar-refractivity contribution is 0.00160. The van der Waals surface area contributed by atoms with Crippen LogP contribution in [0.15, 0.2) is 48.6 Å². The Labute approximate surface area is 178 Å². The number of unbranched alkanes of at least 4 members (excludes halogenated alkanes) is 1. The first-order valence-corrected chi connectivity index (χ1v) is 11.1. The zero-order valence-electron chi connectivity index (χ0n) is 18.0. The van der Waals surface area contributed by atoms with E-state index in [0.717, 1.165) is 44.1 Å². The molecule has 162 valence electrons. The van der Waals surface area contributed by atoms with Gasteiger partial charge < -0.3 is 9.47 Å². The summed E-state index contributed by atoms with van der Waals surface area (Å²) in [6.07, 6.45) is 9.64. The van der Waals surface area contributed by atoms with Crippen LogP contribution < -0.4 is 4.74 Å². The smallest absolute Gasteiger partial charge is 0.200 e. The number of aryl methyl sites for hydroxylation is 1. The van der Waals surface area contributed by atoms with Gasteiger partial charge in [0, 0.05) is 5.92 Å². The third-order valence-corrected chi connectivity index (χ3v) is 5.73. The van der Waals surface area contributed by atoms with Gasteiger partial charge in [0.15, 0.2) is 11.6 Å².